The molecule has 3 heteroatoms. The fraction of sp³-hybridized carbons (Fsp3) is 0.556. The third-order valence-electron chi connectivity index (χ3n) is 7.80. The van der Waals surface area contributed by atoms with Gasteiger partial charge >= 0.3 is 0 Å². The van der Waals surface area contributed by atoms with Crippen LogP contribution >= 0.6 is 9.24 Å². The molecule has 0 radical (unpaired) electrons. The summed E-state index contributed by atoms with van der Waals surface area (Å²) in [7, 11) is 2.27. The Morgan fingerprint density at radius 1 is 0.800 bits per heavy atom. The first-order valence-electron chi connectivity index (χ1n) is 11.8. The van der Waals surface area contributed by atoms with Crippen molar-refractivity contribution in [2.75, 3.05) is 0 Å². The number of hydrogen-bond acceptors (Lipinski definition) is 0. The van der Waals surface area contributed by atoms with Crippen molar-refractivity contribution in [2.45, 2.75) is 71.1 Å². The molecule has 0 aromatic heterocycles. The smallest absolute Gasteiger partial charge is 0.165 e. The van der Waals surface area contributed by atoms with Gasteiger partial charge in [-0.3, -0.25) is 0 Å². The van der Waals surface area contributed by atoms with Gasteiger partial charge in [0.1, 0.15) is 0 Å². The van der Waals surface area contributed by atoms with Gasteiger partial charge in [-0.05, 0) is 91.0 Å². The maximum absolute atomic E-state index is 13.7. The van der Waals surface area contributed by atoms with Crippen LogP contribution in [0.4, 0.5) is 8.78 Å². The third-order valence-corrected chi connectivity index (χ3v) is 8.22. The Kier molecular flexibility index (Phi) is 7.24. The van der Waals surface area contributed by atoms with Gasteiger partial charge in [0.15, 0.2) is 11.6 Å². The lowest BCUT2D eigenvalue weighted by atomic mass is 9.69. The summed E-state index contributed by atoms with van der Waals surface area (Å²) in [6.45, 7) is 2.41. The third kappa shape index (κ3) is 5.31. The Bertz CT molecular complexity index is 805. The molecule has 0 spiro atoms. The highest BCUT2D eigenvalue weighted by atomic mass is 31.0. The number of benzene rings is 2. The SMILES string of the molecule is CC1CCC(C2CCC(CCc3ccc(-c4cc(F)c(F)c(P)c4)cc3)CC2)CC1. The summed E-state index contributed by atoms with van der Waals surface area (Å²) < 4.78 is 27.2. The molecule has 0 N–H and O–H groups in total. The second kappa shape index (κ2) is 9.90. The van der Waals surface area contributed by atoms with Crippen LogP contribution in [-0.4, -0.2) is 0 Å². The average Bonchev–Trinajstić information content (AvgIpc) is 2.77. The molecular weight excluding hydrogens is 393 g/mol. The van der Waals surface area contributed by atoms with Crippen molar-refractivity contribution in [1.29, 1.82) is 0 Å². The Morgan fingerprint density at radius 2 is 1.40 bits per heavy atom. The van der Waals surface area contributed by atoms with Gasteiger partial charge in [-0.15, -0.1) is 9.24 Å². The van der Waals surface area contributed by atoms with Crippen LogP contribution in [0, 0.1) is 35.3 Å². The molecule has 0 aliphatic heterocycles. The van der Waals surface area contributed by atoms with Gasteiger partial charge in [-0.25, -0.2) is 8.78 Å². The fourth-order valence-electron chi connectivity index (χ4n) is 5.72. The zero-order valence-corrected chi connectivity index (χ0v) is 19.3. The molecule has 0 bridgehead atoms. The van der Waals surface area contributed by atoms with Gasteiger partial charge < -0.3 is 0 Å². The zero-order valence-electron chi connectivity index (χ0n) is 18.2. The predicted octanol–water partition coefficient (Wildman–Crippen LogP) is 7.70. The topological polar surface area (TPSA) is 0 Å². The van der Waals surface area contributed by atoms with Gasteiger partial charge in [0.25, 0.3) is 0 Å². The lowest BCUT2D eigenvalue weighted by Crippen LogP contribution is -2.25. The Hall–Kier alpha value is -1.27. The van der Waals surface area contributed by atoms with E-state index in [1.54, 1.807) is 6.07 Å². The van der Waals surface area contributed by atoms with Crippen LogP contribution < -0.4 is 5.30 Å². The number of aryl methyl sites for hydroxylation is 1. The zero-order chi connectivity index (χ0) is 21.1. The molecule has 30 heavy (non-hydrogen) atoms. The van der Waals surface area contributed by atoms with Gasteiger partial charge in [-0.1, -0.05) is 56.9 Å². The summed E-state index contributed by atoms with van der Waals surface area (Å²) >= 11 is 0. The summed E-state index contributed by atoms with van der Waals surface area (Å²) in [5.41, 5.74) is 3.00. The molecule has 2 aliphatic rings. The molecule has 4 rings (SSSR count). The molecule has 2 aromatic carbocycles. The second-order valence-corrected chi connectivity index (χ2v) is 10.5. The van der Waals surface area contributed by atoms with Crippen LogP contribution in [0.3, 0.4) is 0 Å². The molecule has 0 heterocycles. The highest BCUT2D eigenvalue weighted by Crippen LogP contribution is 2.42. The van der Waals surface area contributed by atoms with E-state index in [9.17, 15) is 8.78 Å². The summed E-state index contributed by atoms with van der Waals surface area (Å²) in [6.07, 6.45) is 13.9. The average molecular weight is 429 g/mol. The monoisotopic (exact) mass is 428 g/mol. The van der Waals surface area contributed by atoms with Gasteiger partial charge in [0.2, 0.25) is 0 Å². The van der Waals surface area contributed by atoms with E-state index in [2.05, 4.69) is 28.3 Å². The molecule has 2 fully saturated rings. The molecule has 1 unspecified atom stereocenters. The van der Waals surface area contributed by atoms with Crippen molar-refractivity contribution in [1.82, 2.24) is 0 Å². The first kappa shape index (κ1) is 21.9. The number of halogens is 2. The van der Waals surface area contributed by atoms with E-state index < -0.39 is 11.6 Å². The van der Waals surface area contributed by atoms with Crippen molar-refractivity contribution in [3.63, 3.8) is 0 Å². The van der Waals surface area contributed by atoms with Crippen LogP contribution in [0.5, 0.6) is 0 Å². The van der Waals surface area contributed by atoms with Gasteiger partial charge in [-0.2, -0.15) is 0 Å². The predicted molar refractivity (Wildman–Crippen MR) is 126 cm³/mol. The first-order chi connectivity index (χ1) is 14.5. The summed E-state index contributed by atoms with van der Waals surface area (Å²) in [5, 5.41) is 0.271. The largest absolute Gasteiger partial charge is 0.204 e. The molecule has 2 saturated carbocycles. The molecule has 2 aliphatic carbocycles. The quantitative estimate of drug-likeness (QED) is 0.428. The minimum atomic E-state index is -0.792. The normalized spacial score (nSPS) is 27.2. The number of hydrogen-bond donors (Lipinski definition) is 0. The molecular formula is C27H35F2P. The van der Waals surface area contributed by atoms with Crippen LogP contribution in [-0.2, 0) is 6.42 Å². The van der Waals surface area contributed by atoms with Gasteiger partial charge in [0.05, 0.1) is 0 Å². The van der Waals surface area contributed by atoms with Crippen molar-refractivity contribution >= 4 is 14.5 Å². The van der Waals surface area contributed by atoms with E-state index in [1.165, 1.54) is 69.4 Å². The fourth-order valence-corrected chi connectivity index (χ4v) is 6.03. The summed E-state index contributed by atoms with van der Waals surface area (Å²) in [4.78, 5) is 0. The maximum Gasteiger partial charge on any atom is 0.165 e. The standard InChI is InChI=1S/C27H35F2P/c1-18-2-10-21(11-3-18)22-12-6-19(7-13-22)4-5-20-8-14-23(15-9-20)24-16-25(28)27(29)26(30)17-24/h8-9,14-19,21-22H,2-7,10-13,30H2,1H3. The van der Waals surface area contributed by atoms with E-state index in [-0.39, 0.29) is 5.30 Å². The highest BCUT2D eigenvalue weighted by molar-refractivity contribution is 7.27. The van der Waals surface area contributed by atoms with E-state index in [0.717, 1.165) is 41.2 Å². The molecule has 162 valence electrons. The maximum atomic E-state index is 13.7. The minimum Gasteiger partial charge on any atom is -0.204 e. The molecule has 1 atom stereocenters. The van der Waals surface area contributed by atoms with E-state index in [0.29, 0.717) is 0 Å². The van der Waals surface area contributed by atoms with Gasteiger partial charge in [0, 0.05) is 5.30 Å². The van der Waals surface area contributed by atoms with Crippen molar-refractivity contribution in [3.8, 4) is 11.1 Å². The Morgan fingerprint density at radius 3 is 2.00 bits per heavy atom. The van der Waals surface area contributed by atoms with E-state index >= 15 is 0 Å². The Balaban J connectivity index is 1.26. The first-order valence-corrected chi connectivity index (χ1v) is 12.4. The lowest BCUT2D eigenvalue weighted by molar-refractivity contribution is 0.148. The molecule has 0 amide bonds. The molecule has 0 nitrogen and oxygen atoms in total. The van der Waals surface area contributed by atoms with Crippen LogP contribution in [0.25, 0.3) is 11.1 Å². The minimum absolute atomic E-state index is 0.271. The van der Waals surface area contributed by atoms with Crippen LogP contribution in [0.1, 0.15) is 70.3 Å². The highest BCUT2D eigenvalue weighted by Gasteiger charge is 2.29. The second-order valence-electron chi connectivity index (χ2n) is 9.90. The van der Waals surface area contributed by atoms with Crippen molar-refractivity contribution < 1.29 is 8.78 Å². The molecule has 0 saturated heterocycles. The lowest BCUT2D eigenvalue weighted by Gasteiger charge is -2.37. The van der Waals surface area contributed by atoms with E-state index in [1.807, 2.05) is 12.1 Å². The van der Waals surface area contributed by atoms with Crippen LogP contribution in [0.2, 0.25) is 0 Å². The van der Waals surface area contributed by atoms with Crippen molar-refractivity contribution in [2.24, 2.45) is 23.7 Å². The van der Waals surface area contributed by atoms with Crippen molar-refractivity contribution in [3.05, 3.63) is 53.6 Å². The molecule has 2 aromatic rings. The summed E-state index contributed by atoms with van der Waals surface area (Å²) in [5.74, 6) is 2.25. The van der Waals surface area contributed by atoms with E-state index in [4.69, 9.17) is 0 Å². The Labute approximate surface area is 183 Å². The van der Waals surface area contributed by atoms with Crippen LogP contribution in [0.15, 0.2) is 36.4 Å². The number of rotatable bonds is 5. The summed E-state index contributed by atoms with van der Waals surface area (Å²) in [6, 6.07) is 11.3.